The molecular weight excluding hydrogens is 304 g/mol. The topological polar surface area (TPSA) is 26.3 Å². The second-order valence-electron chi connectivity index (χ2n) is 4.30. The normalized spacial score (nSPS) is 12.1. The summed E-state index contributed by atoms with van der Waals surface area (Å²) in [5.41, 5.74) is 1.88. The van der Waals surface area contributed by atoms with Gasteiger partial charge >= 0.3 is 0 Å². The van der Waals surface area contributed by atoms with Gasteiger partial charge in [-0.1, -0.05) is 58.4 Å². The van der Waals surface area contributed by atoms with E-state index in [0.717, 1.165) is 15.6 Å². The van der Waals surface area contributed by atoms with Crippen LogP contribution in [0.2, 0.25) is 0 Å². The van der Waals surface area contributed by atoms with E-state index in [0.29, 0.717) is 6.42 Å². The van der Waals surface area contributed by atoms with Gasteiger partial charge in [0.2, 0.25) is 0 Å². The van der Waals surface area contributed by atoms with Crippen LogP contribution in [0.4, 0.5) is 0 Å². The molecule has 0 spiro atoms. The Bertz CT molecular complexity index is 552. The minimum Gasteiger partial charge on any atom is -0.369 e. The molecule has 1 atom stereocenters. The van der Waals surface area contributed by atoms with Crippen LogP contribution in [0.1, 0.15) is 17.2 Å². The molecule has 2 aromatic rings. The molecule has 0 heterocycles. The average Bonchev–Trinajstić information content (AvgIpc) is 2.41. The maximum atomic E-state index is 12.3. The van der Waals surface area contributed by atoms with Crippen LogP contribution in [-0.4, -0.2) is 12.9 Å². The Morgan fingerprint density at radius 2 is 1.89 bits per heavy atom. The molecule has 19 heavy (non-hydrogen) atoms. The van der Waals surface area contributed by atoms with Gasteiger partial charge in [-0.15, -0.1) is 0 Å². The van der Waals surface area contributed by atoms with Gasteiger partial charge in [0.05, 0.1) is 0 Å². The van der Waals surface area contributed by atoms with Gasteiger partial charge in [0.25, 0.3) is 0 Å². The summed E-state index contributed by atoms with van der Waals surface area (Å²) in [7, 11) is 1.57. The number of carbonyl (C=O) groups is 1. The van der Waals surface area contributed by atoms with Gasteiger partial charge in [0.15, 0.2) is 5.78 Å². The molecule has 2 rings (SSSR count). The van der Waals surface area contributed by atoms with E-state index in [2.05, 4.69) is 15.9 Å². The van der Waals surface area contributed by atoms with Gasteiger partial charge in [-0.3, -0.25) is 4.79 Å². The molecule has 0 aliphatic heterocycles. The molecule has 0 aliphatic rings. The number of ether oxygens (including phenoxy) is 1. The number of rotatable bonds is 5. The van der Waals surface area contributed by atoms with E-state index in [1.807, 2.05) is 54.6 Å². The highest BCUT2D eigenvalue weighted by molar-refractivity contribution is 9.10. The van der Waals surface area contributed by atoms with E-state index in [9.17, 15) is 4.79 Å². The molecule has 0 saturated heterocycles. The number of methoxy groups -OCH3 is 1. The molecule has 2 aromatic carbocycles. The number of carbonyl (C=O) groups excluding carboxylic acids is 1. The Labute approximate surface area is 121 Å². The SMILES string of the molecule is COC(C(=O)Cc1cccc(Br)c1)c1ccccc1. The second-order valence-corrected chi connectivity index (χ2v) is 5.22. The zero-order chi connectivity index (χ0) is 13.7. The van der Waals surface area contributed by atoms with Crippen LogP contribution in [0.25, 0.3) is 0 Å². The maximum absolute atomic E-state index is 12.3. The van der Waals surface area contributed by atoms with Crippen molar-refractivity contribution in [3.05, 3.63) is 70.2 Å². The van der Waals surface area contributed by atoms with Crippen molar-refractivity contribution in [2.75, 3.05) is 7.11 Å². The molecule has 0 aromatic heterocycles. The van der Waals surface area contributed by atoms with Gasteiger partial charge in [0.1, 0.15) is 6.10 Å². The molecule has 0 saturated carbocycles. The number of Topliss-reactive ketones (excluding diaryl/α,β-unsaturated/α-hetero) is 1. The van der Waals surface area contributed by atoms with Crippen LogP contribution >= 0.6 is 15.9 Å². The van der Waals surface area contributed by atoms with E-state index in [4.69, 9.17) is 4.74 Å². The molecule has 3 heteroatoms. The van der Waals surface area contributed by atoms with Gasteiger partial charge in [-0.25, -0.2) is 0 Å². The van der Waals surface area contributed by atoms with Crippen LogP contribution in [0.3, 0.4) is 0 Å². The largest absolute Gasteiger partial charge is 0.369 e. The zero-order valence-corrected chi connectivity index (χ0v) is 12.3. The first-order valence-corrected chi connectivity index (χ1v) is 6.85. The number of hydrogen-bond donors (Lipinski definition) is 0. The van der Waals surface area contributed by atoms with Gasteiger partial charge in [-0.05, 0) is 23.3 Å². The van der Waals surface area contributed by atoms with Crippen molar-refractivity contribution in [3.63, 3.8) is 0 Å². The standard InChI is InChI=1S/C16H15BrO2/c1-19-16(13-7-3-2-4-8-13)15(18)11-12-6-5-9-14(17)10-12/h2-10,16H,11H2,1H3. The minimum atomic E-state index is -0.500. The number of hydrogen-bond acceptors (Lipinski definition) is 2. The predicted octanol–water partition coefficient (Wildman–Crippen LogP) is 3.95. The predicted molar refractivity (Wildman–Crippen MR) is 79.0 cm³/mol. The Morgan fingerprint density at radius 1 is 1.16 bits per heavy atom. The van der Waals surface area contributed by atoms with Crippen LogP contribution < -0.4 is 0 Å². The van der Waals surface area contributed by atoms with Crippen LogP contribution in [0.15, 0.2) is 59.1 Å². The summed E-state index contributed by atoms with van der Waals surface area (Å²) in [5, 5.41) is 0. The molecule has 2 nitrogen and oxygen atoms in total. The van der Waals surface area contributed by atoms with Crippen molar-refractivity contribution in [2.45, 2.75) is 12.5 Å². The van der Waals surface area contributed by atoms with E-state index in [1.165, 1.54) is 0 Å². The highest BCUT2D eigenvalue weighted by Crippen LogP contribution is 2.20. The van der Waals surface area contributed by atoms with E-state index in [-0.39, 0.29) is 5.78 Å². The van der Waals surface area contributed by atoms with Crippen molar-refractivity contribution in [2.24, 2.45) is 0 Å². The van der Waals surface area contributed by atoms with E-state index >= 15 is 0 Å². The molecule has 0 radical (unpaired) electrons. The number of benzene rings is 2. The minimum absolute atomic E-state index is 0.0619. The quantitative estimate of drug-likeness (QED) is 0.834. The summed E-state index contributed by atoms with van der Waals surface area (Å²) in [5.74, 6) is 0.0619. The second kappa shape index (κ2) is 6.64. The van der Waals surface area contributed by atoms with Crippen molar-refractivity contribution in [1.82, 2.24) is 0 Å². The van der Waals surface area contributed by atoms with Crippen LogP contribution in [-0.2, 0) is 16.0 Å². The first-order valence-electron chi connectivity index (χ1n) is 6.05. The monoisotopic (exact) mass is 318 g/mol. The molecule has 0 N–H and O–H groups in total. The Hall–Kier alpha value is -1.45. The van der Waals surface area contributed by atoms with Crippen molar-refractivity contribution in [1.29, 1.82) is 0 Å². The molecule has 0 amide bonds. The Kier molecular flexibility index (Phi) is 4.88. The summed E-state index contributed by atoms with van der Waals surface area (Å²) in [4.78, 5) is 12.3. The van der Waals surface area contributed by atoms with Crippen LogP contribution in [0, 0.1) is 0 Å². The highest BCUT2D eigenvalue weighted by Gasteiger charge is 2.19. The fourth-order valence-corrected chi connectivity index (χ4v) is 2.47. The van der Waals surface area contributed by atoms with E-state index in [1.54, 1.807) is 7.11 Å². The lowest BCUT2D eigenvalue weighted by Crippen LogP contribution is -2.16. The van der Waals surface area contributed by atoms with Crippen molar-refractivity contribution >= 4 is 21.7 Å². The van der Waals surface area contributed by atoms with Crippen molar-refractivity contribution < 1.29 is 9.53 Å². The third-order valence-corrected chi connectivity index (χ3v) is 3.39. The summed E-state index contributed by atoms with van der Waals surface area (Å²) in [6.07, 6.45) is -0.132. The van der Waals surface area contributed by atoms with E-state index < -0.39 is 6.10 Å². The molecule has 0 bridgehead atoms. The lowest BCUT2D eigenvalue weighted by atomic mass is 10.00. The Balaban J connectivity index is 2.14. The summed E-state index contributed by atoms with van der Waals surface area (Å²) in [6, 6.07) is 17.3. The third-order valence-electron chi connectivity index (χ3n) is 2.90. The Morgan fingerprint density at radius 3 is 2.53 bits per heavy atom. The fraction of sp³-hybridized carbons (Fsp3) is 0.188. The molecule has 1 unspecified atom stereocenters. The smallest absolute Gasteiger partial charge is 0.170 e. The molecular formula is C16H15BrO2. The molecule has 98 valence electrons. The van der Waals surface area contributed by atoms with Crippen molar-refractivity contribution in [3.8, 4) is 0 Å². The maximum Gasteiger partial charge on any atom is 0.170 e. The van der Waals surface area contributed by atoms with Gasteiger partial charge in [0, 0.05) is 18.0 Å². The number of ketones is 1. The summed E-state index contributed by atoms with van der Waals surface area (Å²) in [6.45, 7) is 0. The lowest BCUT2D eigenvalue weighted by molar-refractivity contribution is -0.128. The zero-order valence-electron chi connectivity index (χ0n) is 10.7. The average molecular weight is 319 g/mol. The lowest BCUT2D eigenvalue weighted by Gasteiger charge is -2.14. The van der Waals surface area contributed by atoms with Gasteiger partial charge in [-0.2, -0.15) is 0 Å². The van der Waals surface area contributed by atoms with Gasteiger partial charge < -0.3 is 4.74 Å². The highest BCUT2D eigenvalue weighted by atomic mass is 79.9. The fourth-order valence-electron chi connectivity index (χ4n) is 2.02. The summed E-state index contributed by atoms with van der Waals surface area (Å²) < 4.78 is 6.32. The van der Waals surface area contributed by atoms with Crippen LogP contribution in [0.5, 0.6) is 0 Å². The molecule has 0 fully saturated rings. The molecule has 0 aliphatic carbocycles. The first kappa shape index (κ1) is 14.0. The first-order chi connectivity index (χ1) is 9.20. The number of halogens is 1. The summed E-state index contributed by atoms with van der Waals surface area (Å²) >= 11 is 3.41. The third kappa shape index (κ3) is 3.75.